The number of nitrogens with zero attached hydrogens (tertiary/aromatic N) is 2. The normalized spacial score (nSPS) is 15.1. The smallest absolute Gasteiger partial charge is 0.414 e. The second-order valence-electron chi connectivity index (χ2n) is 8.97. The molecular formula is C26H40FN3O6. The van der Waals surface area contributed by atoms with Gasteiger partial charge in [-0.05, 0) is 31.0 Å². The van der Waals surface area contributed by atoms with Gasteiger partial charge in [-0.15, -0.1) is 0 Å². The van der Waals surface area contributed by atoms with Gasteiger partial charge in [-0.25, -0.2) is 14.0 Å². The monoisotopic (exact) mass is 509 g/mol. The van der Waals surface area contributed by atoms with Crippen molar-refractivity contribution in [1.82, 2.24) is 5.06 Å². The van der Waals surface area contributed by atoms with Crippen molar-refractivity contribution in [2.45, 2.75) is 84.2 Å². The molecule has 0 aliphatic carbocycles. The number of rotatable bonds is 16. The van der Waals surface area contributed by atoms with Gasteiger partial charge in [-0.1, -0.05) is 52.4 Å². The molecule has 1 aliphatic rings. The second kappa shape index (κ2) is 16.0. The van der Waals surface area contributed by atoms with Gasteiger partial charge < -0.3 is 20.0 Å². The van der Waals surface area contributed by atoms with Crippen LogP contribution < -0.4 is 10.2 Å². The number of anilines is 2. The van der Waals surface area contributed by atoms with Crippen LogP contribution in [0.3, 0.4) is 0 Å². The van der Waals surface area contributed by atoms with Crippen LogP contribution in [-0.4, -0.2) is 60.5 Å². The van der Waals surface area contributed by atoms with E-state index in [1.165, 1.54) is 17.0 Å². The molecule has 2 rings (SSSR count). The molecule has 0 bridgehead atoms. The quantitative estimate of drug-likeness (QED) is 0.244. The molecule has 1 aromatic carbocycles. The van der Waals surface area contributed by atoms with Crippen LogP contribution in [0.15, 0.2) is 18.2 Å². The van der Waals surface area contributed by atoms with Gasteiger partial charge in [0.25, 0.3) is 5.91 Å². The molecule has 1 aromatic rings. The Balaban J connectivity index is 2.01. The van der Waals surface area contributed by atoms with Crippen molar-refractivity contribution < 1.29 is 33.5 Å². The molecule has 0 spiro atoms. The van der Waals surface area contributed by atoms with Crippen LogP contribution in [-0.2, 0) is 19.2 Å². The lowest BCUT2D eigenvalue weighted by Gasteiger charge is -2.23. The number of aliphatic hydroxyl groups excluding tert-OH is 1. The summed E-state index contributed by atoms with van der Waals surface area (Å²) in [4.78, 5) is 44.4. The molecule has 0 unspecified atom stereocenters. The summed E-state index contributed by atoms with van der Waals surface area (Å²) in [5, 5.41) is 12.7. The van der Waals surface area contributed by atoms with Crippen LogP contribution in [0.25, 0.3) is 0 Å². The number of ether oxygens (including phenoxy) is 1. The SMILES string of the molecule is CCCCCCC(=O)ON(C[C@H]1CN(c2ccc(NCCO)c(F)c2)C(=O)O1)C(=O)CCCCCC. The van der Waals surface area contributed by atoms with E-state index < -0.39 is 24.0 Å². The van der Waals surface area contributed by atoms with Crippen LogP contribution in [0.5, 0.6) is 0 Å². The number of hydroxylamine groups is 2. The number of hydrogen-bond donors (Lipinski definition) is 2. The Kier molecular flexibility index (Phi) is 13.0. The van der Waals surface area contributed by atoms with Crippen molar-refractivity contribution in [2.24, 2.45) is 0 Å². The Labute approximate surface area is 212 Å². The zero-order chi connectivity index (χ0) is 26.3. The molecule has 0 aromatic heterocycles. The largest absolute Gasteiger partial charge is 0.442 e. The third-order valence-corrected chi connectivity index (χ3v) is 5.90. The van der Waals surface area contributed by atoms with Crippen LogP contribution in [0, 0.1) is 5.82 Å². The van der Waals surface area contributed by atoms with Gasteiger partial charge in [0.15, 0.2) is 0 Å². The average molecular weight is 510 g/mol. The standard InChI is InChI=1S/C26H40FN3O6/c1-3-5-7-9-11-24(32)30(36-25(33)12-10-8-6-4-2)19-21-18-29(26(34)35-21)20-13-14-23(22(27)17-20)28-15-16-31/h13-14,17,21,28,31H,3-12,15-16,18-19H2,1-2H3/t21-/m1/s1. The third-order valence-electron chi connectivity index (χ3n) is 5.90. The summed E-state index contributed by atoms with van der Waals surface area (Å²) < 4.78 is 19.8. The Morgan fingerprint density at radius 3 is 2.47 bits per heavy atom. The molecule has 1 atom stereocenters. The molecule has 2 amide bonds. The van der Waals surface area contributed by atoms with Crippen molar-refractivity contribution in [3.63, 3.8) is 0 Å². The molecule has 1 heterocycles. The number of nitrogens with one attached hydrogen (secondary N) is 1. The van der Waals surface area contributed by atoms with E-state index in [-0.39, 0.29) is 50.7 Å². The number of unbranched alkanes of at least 4 members (excludes halogenated alkanes) is 6. The molecule has 0 saturated carbocycles. The number of carbonyl (C=O) groups is 3. The van der Waals surface area contributed by atoms with E-state index in [1.807, 2.05) is 0 Å². The van der Waals surface area contributed by atoms with E-state index in [9.17, 15) is 18.8 Å². The summed E-state index contributed by atoms with van der Waals surface area (Å²) in [6.45, 7) is 4.21. The van der Waals surface area contributed by atoms with Crippen molar-refractivity contribution in [3.05, 3.63) is 24.0 Å². The van der Waals surface area contributed by atoms with Gasteiger partial charge in [-0.2, -0.15) is 5.06 Å². The molecule has 9 nitrogen and oxygen atoms in total. The van der Waals surface area contributed by atoms with Gasteiger partial charge in [0.2, 0.25) is 0 Å². The molecule has 0 radical (unpaired) electrons. The molecule has 1 fully saturated rings. The van der Waals surface area contributed by atoms with E-state index in [1.54, 1.807) is 6.07 Å². The summed E-state index contributed by atoms with van der Waals surface area (Å²) in [5.41, 5.74) is 0.516. The molecular weight excluding hydrogens is 469 g/mol. The first kappa shape index (κ1) is 29.4. The molecule has 10 heteroatoms. The van der Waals surface area contributed by atoms with Gasteiger partial charge in [0.05, 0.1) is 31.1 Å². The highest BCUT2D eigenvalue weighted by Gasteiger charge is 2.36. The third kappa shape index (κ3) is 9.64. The molecule has 2 N–H and O–H groups in total. The van der Waals surface area contributed by atoms with E-state index in [2.05, 4.69) is 19.2 Å². The Bertz CT molecular complexity index is 853. The van der Waals surface area contributed by atoms with E-state index in [4.69, 9.17) is 14.7 Å². The first-order valence-electron chi connectivity index (χ1n) is 13.0. The van der Waals surface area contributed by atoms with E-state index in [0.717, 1.165) is 43.6 Å². The lowest BCUT2D eigenvalue weighted by Crippen LogP contribution is -2.40. The zero-order valence-electron chi connectivity index (χ0n) is 21.5. The number of halogens is 1. The van der Waals surface area contributed by atoms with Crippen molar-refractivity contribution in [1.29, 1.82) is 0 Å². The number of benzene rings is 1. The summed E-state index contributed by atoms with van der Waals surface area (Å²) in [7, 11) is 0. The molecule has 1 saturated heterocycles. The summed E-state index contributed by atoms with van der Waals surface area (Å²) in [6.07, 6.45) is 6.37. The first-order valence-corrected chi connectivity index (χ1v) is 13.0. The summed E-state index contributed by atoms with van der Waals surface area (Å²) in [5.74, 6) is -1.38. The Morgan fingerprint density at radius 2 is 1.83 bits per heavy atom. The van der Waals surface area contributed by atoms with Crippen molar-refractivity contribution in [3.8, 4) is 0 Å². The van der Waals surface area contributed by atoms with Gasteiger partial charge in [-0.3, -0.25) is 9.69 Å². The fraction of sp³-hybridized carbons (Fsp3) is 0.654. The second-order valence-corrected chi connectivity index (χ2v) is 8.97. The number of amides is 2. The first-order chi connectivity index (χ1) is 17.4. The lowest BCUT2D eigenvalue weighted by atomic mass is 10.1. The van der Waals surface area contributed by atoms with Crippen LogP contribution in [0.1, 0.15) is 78.1 Å². The highest BCUT2D eigenvalue weighted by atomic mass is 19.1. The predicted octanol–water partition coefficient (Wildman–Crippen LogP) is 4.78. The molecule has 1 aliphatic heterocycles. The average Bonchev–Trinajstić information content (AvgIpc) is 3.23. The van der Waals surface area contributed by atoms with Gasteiger partial charge >= 0.3 is 12.1 Å². The maximum Gasteiger partial charge on any atom is 0.414 e. The number of cyclic esters (lactones) is 1. The van der Waals surface area contributed by atoms with Crippen LogP contribution >= 0.6 is 0 Å². The highest BCUT2D eigenvalue weighted by Crippen LogP contribution is 2.26. The zero-order valence-corrected chi connectivity index (χ0v) is 21.5. The Morgan fingerprint density at radius 1 is 1.14 bits per heavy atom. The maximum atomic E-state index is 14.4. The topological polar surface area (TPSA) is 108 Å². The number of carbonyl (C=O) groups excluding carboxylic acids is 3. The molecule has 202 valence electrons. The minimum Gasteiger partial charge on any atom is -0.442 e. The fourth-order valence-corrected chi connectivity index (χ4v) is 3.90. The van der Waals surface area contributed by atoms with E-state index >= 15 is 0 Å². The predicted molar refractivity (Wildman–Crippen MR) is 135 cm³/mol. The Hall–Kier alpha value is -2.88. The minimum atomic E-state index is -0.736. The minimum absolute atomic E-state index is 0.0787. The summed E-state index contributed by atoms with van der Waals surface area (Å²) >= 11 is 0. The van der Waals surface area contributed by atoms with Crippen molar-refractivity contribution >= 4 is 29.3 Å². The fourth-order valence-electron chi connectivity index (χ4n) is 3.90. The highest BCUT2D eigenvalue weighted by molar-refractivity contribution is 5.90. The van der Waals surface area contributed by atoms with E-state index in [0.29, 0.717) is 18.5 Å². The number of aliphatic hydroxyl groups is 1. The lowest BCUT2D eigenvalue weighted by molar-refractivity contribution is -0.202. The van der Waals surface area contributed by atoms with Crippen LogP contribution in [0.2, 0.25) is 0 Å². The molecule has 36 heavy (non-hydrogen) atoms. The van der Waals surface area contributed by atoms with Crippen molar-refractivity contribution in [2.75, 3.05) is 36.5 Å². The van der Waals surface area contributed by atoms with Gasteiger partial charge in [0.1, 0.15) is 11.9 Å². The van der Waals surface area contributed by atoms with Gasteiger partial charge in [0, 0.05) is 19.4 Å². The van der Waals surface area contributed by atoms with Crippen LogP contribution in [0.4, 0.5) is 20.6 Å². The summed E-state index contributed by atoms with van der Waals surface area (Å²) in [6, 6.07) is 4.25. The number of hydrogen-bond acceptors (Lipinski definition) is 7. The maximum absolute atomic E-state index is 14.4.